The van der Waals surface area contributed by atoms with Crippen LogP contribution in [0.25, 0.3) is 0 Å². The van der Waals surface area contributed by atoms with Gasteiger partial charge >= 0.3 is 0 Å². The van der Waals surface area contributed by atoms with Crippen LogP contribution in [0, 0.1) is 0 Å². The molecule has 174 valence electrons. The van der Waals surface area contributed by atoms with Gasteiger partial charge in [0, 0.05) is 46.3 Å². The van der Waals surface area contributed by atoms with Gasteiger partial charge in [-0.1, -0.05) is 36.4 Å². The third kappa shape index (κ3) is 8.09. The van der Waals surface area contributed by atoms with Gasteiger partial charge in [-0.15, -0.1) is 24.0 Å². The van der Waals surface area contributed by atoms with E-state index < -0.39 is 0 Å². The van der Waals surface area contributed by atoms with Crippen LogP contribution in [0.1, 0.15) is 39.9 Å². The number of carbonyl (C=O) groups excluding carboxylic acids is 1. The molecule has 1 saturated heterocycles. The summed E-state index contributed by atoms with van der Waals surface area (Å²) < 4.78 is 0. The summed E-state index contributed by atoms with van der Waals surface area (Å²) in [6, 6.07) is 16.7. The van der Waals surface area contributed by atoms with Crippen LogP contribution in [0.3, 0.4) is 0 Å². The fourth-order valence-electron chi connectivity index (χ4n) is 3.81. The molecule has 1 aliphatic rings. The molecule has 7 heteroatoms. The first-order valence-corrected chi connectivity index (χ1v) is 11.1. The molecule has 0 bridgehead atoms. The van der Waals surface area contributed by atoms with Crippen molar-refractivity contribution in [3.05, 3.63) is 70.8 Å². The second kappa shape index (κ2) is 13.4. The molecule has 1 aliphatic heterocycles. The molecule has 3 rings (SSSR count). The largest absolute Gasteiger partial charge is 0.356 e. The highest BCUT2D eigenvalue weighted by Crippen LogP contribution is 2.13. The van der Waals surface area contributed by atoms with E-state index in [1.807, 2.05) is 24.3 Å². The molecule has 32 heavy (non-hydrogen) atoms. The van der Waals surface area contributed by atoms with Crippen LogP contribution in [0.15, 0.2) is 53.5 Å². The number of nitrogens with zero attached hydrogens (tertiary/aromatic N) is 3. The van der Waals surface area contributed by atoms with E-state index in [2.05, 4.69) is 44.8 Å². The number of carbonyl (C=O) groups is 1. The van der Waals surface area contributed by atoms with Crippen molar-refractivity contribution in [2.24, 2.45) is 4.99 Å². The standard InChI is InChI=1S/C25H35N5O.HI/c1-26-25(27-14-13-20-7-6-8-23(17-20)24(31)29(2)3)28-18-21-9-11-22(12-10-21)19-30-15-4-5-16-30;/h6-12,17H,4-5,13-16,18-19H2,1-3H3,(H2,26,27,28);1H. The van der Waals surface area contributed by atoms with E-state index in [1.165, 1.54) is 37.1 Å². The molecule has 1 amide bonds. The van der Waals surface area contributed by atoms with E-state index in [-0.39, 0.29) is 29.9 Å². The summed E-state index contributed by atoms with van der Waals surface area (Å²) in [4.78, 5) is 20.6. The van der Waals surface area contributed by atoms with E-state index in [4.69, 9.17) is 0 Å². The quantitative estimate of drug-likeness (QED) is 0.301. The number of guanidine groups is 1. The summed E-state index contributed by atoms with van der Waals surface area (Å²) in [5, 5.41) is 6.73. The Bertz CT molecular complexity index is 876. The normalized spacial score (nSPS) is 14.0. The zero-order chi connectivity index (χ0) is 22.1. The predicted octanol–water partition coefficient (Wildman–Crippen LogP) is 3.51. The van der Waals surface area contributed by atoms with Gasteiger partial charge < -0.3 is 15.5 Å². The first-order chi connectivity index (χ1) is 15.0. The molecule has 0 aliphatic carbocycles. The lowest BCUT2D eigenvalue weighted by atomic mass is 10.1. The van der Waals surface area contributed by atoms with Crippen molar-refractivity contribution < 1.29 is 4.79 Å². The molecule has 2 N–H and O–H groups in total. The Morgan fingerprint density at radius 2 is 1.69 bits per heavy atom. The van der Waals surface area contributed by atoms with Gasteiger partial charge in [-0.25, -0.2) is 0 Å². The van der Waals surface area contributed by atoms with Crippen molar-refractivity contribution in [1.29, 1.82) is 0 Å². The third-order valence-electron chi connectivity index (χ3n) is 5.60. The first-order valence-electron chi connectivity index (χ1n) is 11.1. The Labute approximate surface area is 209 Å². The lowest BCUT2D eigenvalue weighted by molar-refractivity contribution is 0.0827. The van der Waals surface area contributed by atoms with E-state index in [1.54, 1.807) is 26.0 Å². The molecule has 2 aromatic carbocycles. The average molecular weight is 550 g/mol. The van der Waals surface area contributed by atoms with Gasteiger partial charge in [0.25, 0.3) is 5.91 Å². The van der Waals surface area contributed by atoms with Crippen molar-refractivity contribution in [1.82, 2.24) is 20.4 Å². The summed E-state index contributed by atoms with van der Waals surface area (Å²) in [5.41, 5.74) is 4.47. The lowest BCUT2D eigenvalue weighted by Crippen LogP contribution is -2.37. The molecule has 0 unspecified atom stereocenters. The number of hydrogen-bond donors (Lipinski definition) is 2. The highest BCUT2D eigenvalue weighted by Gasteiger charge is 2.11. The van der Waals surface area contributed by atoms with Crippen molar-refractivity contribution in [2.75, 3.05) is 40.8 Å². The molecular formula is C25H36IN5O. The SMILES string of the molecule is CN=C(NCCc1cccc(C(=O)N(C)C)c1)NCc1ccc(CN2CCCC2)cc1.I. The summed E-state index contributed by atoms with van der Waals surface area (Å²) in [6.45, 7) is 4.98. The van der Waals surface area contributed by atoms with Crippen LogP contribution in [0.4, 0.5) is 0 Å². The van der Waals surface area contributed by atoms with E-state index in [0.29, 0.717) is 0 Å². The van der Waals surface area contributed by atoms with E-state index in [9.17, 15) is 4.79 Å². The molecule has 6 nitrogen and oxygen atoms in total. The number of benzene rings is 2. The molecule has 0 saturated carbocycles. The van der Waals surface area contributed by atoms with E-state index >= 15 is 0 Å². The predicted molar refractivity (Wildman–Crippen MR) is 143 cm³/mol. The second-order valence-corrected chi connectivity index (χ2v) is 8.30. The molecular weight excluding hydrogens is 513 g/mol. The topological polar surface area (TPSA) is 60.0 Å². The Morgan fingerprint density at radius 1 is 1.00 bits per heavy atom. The highest BCUT2D eigenvalue weighted by atomic mass is 127. The Hall–Kier alpha value is -2.13. The highest BCUT2D eigenvalue weighted by molar-refractivity contribution is 14.0. The van der Waals surface area contributed by atoms with Gasteiger partial charge in [0.1, 0.15) is 0 Å². The Morgan fingerprint density at radius 3 is 2.34 bits per heavy atom. The monoisotopic (exact) mass is 549 g/mol. The maximum Gasteiger partial charge on any atom is 0.253 e. The summed E-state index contributed by atoms with van der Waals surface area (Å²) in [7, 11) is 5.32. The van der Waals surface area contributed by atoms with Crippen LogP contribution >= 0.6 is 24.0 Å². The molecule has 1 heterocycles. The van der Waals surface area contributed by atoms with Gasteiger partial charge in [0.05, 0.1) is 0 Å². The smallest absolute Gasteiger partial charge is 0.253 e. The van der Waals surface area contributed by atoms with Gasteiger partial charge in [-0.3, -0.25) is 14.7 Å². The average Bonchev–Trinajstić information content (AvgIpc) is 3.29. The zero-order valence-corrected chi connectivity index (χ0v) is 21.8. The van der Waals surface area contributed by atoms with Crippen LogP contribution < -0.4 is 10.6 Å². The molecule has 0 atom stereocenters. The fraction of sp³-hybridized carbons (Fsp3) is 0.440. The second-order valence-electron chi connectivity index (χ2n) is 8.30. The van der Waals surface area contributed by atoms with Crippen molar-refractivity contribution >= 4 is 35.8 Å². The van der Waals surface area contributed by atoms with Gasteiger partial charge in [0.15, 0.2) is 5.96 Å². The van der Waals surface area contributed by atoms with Crippen molar-refractivity contribution in [3.63, 3.8) is 0 Å². The fourth-order valence-corrected chi connectivity index (χ4v) is 3.81. The number of aliphatic imine (C=N–C) groups is 1. The van der Waals surface area contributed by atoms with Crippen LogP contribution in [-0.4, -0.2) is 62.4 Å². The zero-order valence-electron chi connectivity index (χ0n) is 19.4. The van der Waals surface area contributed by atoms with E-state index in [0.717, 1.165) is 43.1 Å². The minimum absolute atomic E-state index is 0. The summed E-state index contributed by atoms with van der Waals surface area (Å²) >= 11 is 0. The van der Waals surface area contributed by atoms with Gasteiger partial charge in [-0.05, 0) is 61.2 Å². The maximum atomic E-state index is 12.1. The van der Waals surface area contributed by atoms with Crippen LogP contribution in [-0.2, 0) is 19.5 Å². The third-order valence-corrected chi connectivity index (χ3v) is 5.60. The van der Waals surface area contributed by atoms with Crippen LogP contribution in [0.2, 0.25) is 0 Å². The molecule has 0 aromatic heterocycles. The van der Waals surface area contributed by atoms with Gasteiger partial charge in [-0.2, -0.15) is 0 Å². The Balaban J connectivity index is 0.00000363. The van der Waals surface area contributed by atoms with Crippen molar-refractivity contribution in [3.8, 4) is 0 Å². The number of likely N-dealkylation sites (tertiary alicyclic amines) is 1. The van der Waals surface area contributed by atoms with Crippen molar-refractivity contribution in [2.45, 2.75) is 32.4 Å². The number of hydrogen-bond acceptors (Lipinski definition) is 3. The maximum absolute atomic E-state index is 12.1. The minimum atomic E-state index is 0. The summed E-state index contributed by atoms with van der Waals surface area (Å²) in [5.74, 6) is 0.806. The molecule has 0 radical (unpaired) electrons. The Kier molecular flexibility index (Phi) is 11.0. The van der Waals surface area contributed by atoms with Gasteiger partial charge in [0.2, 0.25) is 0 Å². The minimum Gasteiger partial charge on any atom is -0.356 e. The number of nitrogens with one attached hydrogen (secondary N) is 2. The number of amides is 1. The first kappa shape index (κ1) is 26.1. The molecule has 1 fully saturated rings. The number of rotatable bonds is 8. The van der Waals surface area contributed by atoms with Crippen LogP contribution in [0.5, 0.6) is 0 Å². The molecule has 2 aromatic rings. The summed E-state index contributed by atoms with van der Waals surface area (Å²) in [6.07, 6.45) is 3.47. The lowest BCUT2D eigenvalue weighted by Gasteiger charge is -2.15. The molecule has 0 spiro atoms. The number of halogens is 1.